The Labute approximate surface area is 172 Å². The smallest absolute Gasteiger partial charge is 0.272 e. The molecule has 2 N–H and O–H groups in total. The molecule has 0 aliphatic rings. The molecular formula is C22H22N2O6. The van der Waals surface area contributed by atoms with Crippen LogP contribution in [0, 0.1) is 0 Å². The van der Waals surface area contributed by atoms with Crippen molar-refractivity contribution in [1.29, 1.82) is 0 Å². The molecule has 156 valence electrons. The van der Waals surface area contributed by atoms with Gasteiger partial charge < -0.3 is 28.9 Å². The van der Waals surface area contributed by atoms with Crippen molar-refractivity contribution in [1.82, 2.24) is 9.97 Å². The maximum Gasteiger partial charge on any atom is 0.272 e. The number of aromatic nitrogens is 2. The molecule has 0 radical (unpaired) electrons. The molecule has 0 unspecified atom stereocenters. The minimum atomic E-state index is -0.442. The number of aromatic amines is 2. The van der Waals surface area contributed by atoms with Crippen LogP contribution >= 0.6 is 0 Å². The van der Waals surface area contributed by atoms with Gasteiger partial charge in [-0.1, -0.05) is 6.07 Å². The van der Waals surface area contributed by atoms with E-state index in [4.69, 9.17) is 18.9 Å². The van der Waals surface area contributed by atoms with Gasteiger partial charge >= 0.3 is 0 Å². The van der Waals surface area contributed by atoms with Gasteiger partial charge in [-0.3, -0.25) is 9.59 Å². The highest BCUT2D eigenvalue weighted by atomic mass is 16.5. The molecule has 0 bridgehead atoms. The lowest BCUT2D eigenvalue weighted by atomic mass is 10.2. The Morgan fingerprint density at radius 2 is 1.17 bits per heavy atom. The van der Waals surface area contributed by atoms with Crippen LogP contribution in [0.3, 0.4) is 0 Å². The van der Waals surface area contributed by atoms with Gasteiger partial charge in [-0.2, -0.15) is 0 Å². The van der Waals surface area contributed by atoms with E-state index in [0.717, 1.165) is 0 Å². The van der Waals surface area contributed by atoms with E-state index in [0.29, 0.717) is 34.1 Å². The number of ether oxygens (including phenoxy) is 4. The van der Waals surface area contributed by atoms with Crippen molar-refractivity contribution in [2.24, 2.45) is 0 Å². The topological polar surface area (TPSA) is 103 Å². The van der Waals surface area contributed by atoms with Gasteiger partial charge in [-0.25, -0.2) is 0 Å². The molecule has 3 aromatic rings. The van der Waals surface area contributed by atoms with Crippen molar-refractivity contribution < 1.29 is 18.9 Å². The number of hydrogen-bond acceptors (Lipinski definition) is 6. The number of benzene rings is 2. The fourth-order valence-electron chi connectivity index (χ4n) is 2.88. The molecule has 30 heavy (non-hydrogen) atoms. The summed E-state index contributed by atoms with van der Waals surface area (Å²) in [6.07, 6.45) is 3.10. The summed E-state index contributed by atoms with van der Waals surface area (Å²) in [5.41, 5.74) is 0.431. The predicted molar refractivity (Wildman–Crippen MR) is 113 cm³/mol. The molecule has 8 nitrogen and oxygen atoms in total. The molecule has 0 saturated carbocycles. The van der Waals surface area contributed by atoms with Crippen LogP contribution in [0.15, 0.2) is 46.0 Å². The van der Waals surface area contributed by atoms with Gasteiger partial charge in [0.25, 0.3) is 11.1 Å². The maximum absolute atomic E-state index is 12.5. The zero-order valence-corrected chi connectivity index (χ0v) is 17.1. The lowest BCUT2D eigenvalue weighted by Gasteiger charge is -2.07. The predicted octanol–water partition coefficient (Wildman–Crippen LogP) is 0.755. The zero-order chi connectivity index (χ0) is 21.7. The van der Waals surface area contributed by atoms with E-state index in [1.807, 2.05) is 0 Å². The van der Waals surface area contributed by atoms with Gasteiger partial charge in [0.05, 0.1) is 28.4 Å². The maximum atomic E-state index is 12.5. The van der Waals surface area contributed by atoms with E-state index in [-0.39, 0.29) is 10.7 Å². The highest BCUT2D eigenvalue weighted by molar-refractivity contribution is 5.56. The molecule has 8 heteroatoms. The first kappa shape index (κ1) is 20.8. The largest absolute Gasteiger partial charge is 0.497 e. The van der Waals surface area contributed by atoms with Gasteiger partial charge in [0.2, 0.25) is 0 Å². The van der Waals surface area contributed by atoms with E-state index < -0.39 is 11.1 Å². The zero-order valence-electron chi connectivity index (χ0n) is 17.1. The summed E-state index contributed by atoms with van der Waals surface area (Å²) in [4.78, 5) is 30.3. The van der Waals surface area contributed by atoms with Crippen LogP contribution in [0.4, 0.5) is 0 Å². The standard InChI is InChI=1S/C22H22N2O6/c1-27-15-7-14(8-16(12-15)28-2)10-18-22(26)23-17(21(25)24-18)9-13-5-6-19(29-3)20(11-13)30-4/h5-12H,1-4H3,(H,23,26)(H,24,25)/b17-9-,18-10-. The average Bonchev–Trinajstić information content (AvgIpc) is 2.76. The van der Waals surface area contributed by atoms with Crippen molar-refractivity contribution in [2.75, 3.05) is 28.4 Å². The summed E-state index contributed by atoms with van der Waals surface area (Å²) in [5, 5.41) is 0.229. The average molecular weight is 410 g/mol. The van der Waals surface area contributed by atoms with Crippen LogP contribution in [-0.4, -0.2) is 38.4 Å². The van der Waals surface area contributed by atoms with Crippen molar-refractivity contribution in [2.45, 2.75) is 0 Å². The summed E-state index contributed by atoms with van der Waals surface area (Å²) < 4.78 is 20.9. The van der Waals surface area contributed by atoms with Crippen molar-refractivity contribution in [3.63, 3.8) is 0 Å². The summed E-state index contributed by atoms with van der Waals surface area (Å²) in [6, 6.07) is 10.3. The third kappa shape index (κ3) is 4.54. The lowest BCUT2D eigenvalue weighted by Crippen LogP contribution is -2.46. The molecule has 0 spiro atoms. The summed E-state index contributed by atoms with van der Waals surface area (Å²) in [7, 11) is 6.13. The van der Waals surface area contributed by atoms with Crippen molar-refractivity contribution in [3.05, 3.63) is 78.9 Å². The van der Waals surface area contributed by atoms with E-state index >= 15 is 0 Å². The molecule has 0 aliphatic carbocycles. The third-order valence-electron chi connectivity index (χ3n) is 4.39. The number of H-pyrrole nitrogens is 2. The van der Waals surface area contributed by atoms with Crippen LogP contribution in [0.1, 0.15) is 11.1 Å². The van der Waals surface area contributed by atoms with E-state index in [9.17, 15) is 9.59 Å². The molecule has 2 aromatic carbocycles. The SMILES string of the molecule is COc1cc(/C=c2\[nH]c(=O)/c(=C/c3ccc(OC)c(OC)c3)[nH]c2=O)cc(OC)c1. The Morgan fingerprint density at radius 3 is 1.67 bits per heavy atom. The van der Waals surface area contributed by atoms with Gasteiger partial charge in [0.1, 0.15) is 22.2 Å². The Morgan fingerprint density at radius 1 is 0.633 bits per heavy atom. The van der Waals surface area contributed by atoms with Gasteiger partial charge in [-0.15, -0.1) is 0 Å². The number of methoxy groups -OCH3 is 4. The molecule has 0 atom stereocenters. The Hall–Kier alpha value is -3.94. The molecule has 0 fully saturated rings. The molecule has 0 aliphatic heterocycles. The first-order valence-corrected chi connectivity index (χ1v) is 8.98. The van der Waals surface area contributed by atoms with Crippen LogP contribution in [-0.2, 0) is 0 Å². The summed E-state index contributed by atoms with van der Waals surface area (Å²) in [6.45, 7) is 0. The molecule has 0 saturated heterocycles. The number of nitrogens with one attached hydrogen (secondary N) is 2. The van der Waals surface area contributed by atoms with Crippen LogP contribution < -0.4 is 40.8 Å². The van der Waals surface area contributed by atoms with Crippen molar-refractivity contribution >= 4 is 12.2 Å². The Bertz CT molecular complexity index is 1270. The van der Waals surface area contributed by atoms with E-state index in [2.05, 4.69) is 9.97 Å². The number of hydrogen-bond donors (Lipinski definition) is 2. The second-order valence-electron chi connectivity index (χ2n) is 6.28. The van der Waals surface area contributed by atoms with Gasteiger partial charge in [0.15, 0.2) is 11.5 Å². The summed E-state index contributed by atoms with van der Waals surface area (Å²) in [5.74, 6) is 2.22. The quantitative estimate of drug-likeness (QED) is 0.622. The fourth-order valence-corrected chi connectivity index (χ4v) is 2.88. The molecule has 0 amide bonds. The molecule has 1 heterocycles. The van der Waals surface area contributed by atoms with Crippen LogP contribution in [0.25, 0.3) is 12.2 Å². The Balaban J connectivity index is 2.09. The first-order chi connectivity index (χ1) is 14.5. The monoisotopic (exact) mass is 410 g/mol. The second-order valence-corrected chi connectivity index (χ2v) is 6.28. The highest BCUT2D eigenvalue weighted by Crippen LogP contribution is 2.27. The minimum absolute atomic E-state index is 0.111. The van der Waals surface area contributed by atoms with Crippen LogP contribution in [0.2, 0.25) is 0 Å². The van der Waals surface area contributed by atoms with E-state index in [1.54, 1.807) is 48.6 Å². The summed E-state index contributed by atoms with van der Waals surface area (Å²) >= 11 is 0. The molecule has 1 aromatic heterocycles. The Kier molecular flexibility index (Phi) is 6.26. The second kappa shape index (κ2) is 9.04. The van der Waals surface area contributed by atoms with E-state index in [1.165, 1.54) is 28.4 Å². The van der Waals surface area contributed by atoms with Crippen molar-refractivity contribution in [3.8, 4) is 23.0 Å². The fraction of sp³-hybridized carbons (Fsp3) is 0.182. The molecular weight excluding hydrogens is 388 g/mol. The highest BCUT2D eigenvalue weighted by Gasteiger charge is 2.05. The number of rotatable bonds is 6. The van der Waals surface area contributed by atoms with Gasteiger partial charge in [0, 0.05) is 6.07 Å². The normalized spacial score (nSPS) is 12.0. The van der Waals surface area contributed by atoms with Gasteiger partial charge in [-0.05, 0) is 47.5 Å². The lowest BCUT2D eigenvalue weighted by molar-refractivity contribution is 0.355. The first-order valence-electron chi connectivity index (χ1n) is 8.98. The molecule has 3 rings (SSSR count). The third-order valence-corrected chi connectivity index (χ3v) is 4.39. The van der Waals surface area contributed by atoms with Crippen LogP contribution in [0.5, 0.6) is 23.0 Å². The minimum Gasteiger partial charge on any atom is -0.497 e.